The van der Waals surface area contributed by atoms with Crippen LogP contribution in [-0.4, -0.2) is 29.1 Å². The van der Waals surface area contributed by atoms with Gasteiger partial charge in [-0.3, -0.25) is 4.68 Å². The van der Waals surface area contributed by atoms with Crippen molar-refractivity contribution in [1.82, 2.24) is 9.78 Å². The van der Waals surface area contributed by atoms with E-state index in [4.69, 9.17) is 4.74 Å². The molecule has 0 N–H and O–H groups in total. The number of aromatic nitrogens is 2. The van der Waals surface area contributed by atoms with Crippen molar-refractivity contribution >= 4 is 17.7 Å². The molecule has 0 unspecified atom stereocenters. The summed E-state index contributed by atoms with van der Waals surface area (Å²) < 4.78 is 6.89. The van der Waals surface area contributed by atoms with Crippen molar-refractivity contribution < 1.29 is 9.53 Å². The maximum atomic E-state index is 11.9. The monoisotopic (exact) mass is 330 g/mol. The van der Waals surface area contributed by atoms with Gasteiger partial charge in [0, 0.05) is 4.90 Å². The zero-order valence-electron chi connectivity index (χ0n) is 13.6. The number of methoxy groups -OCH3 is 1. The molecule has 0 amide bonds. The van der Waals surface area contributed by atoms with Crippen LogP contribution in [0.25, 0.3) is 11.3 Å². The topological polar surface area (TPSA) is 44.1 Å². The highest BCUT2D eigenvalue weighted by Crippen LogP contribution is 2.33. The van der Waals surface area contributed by atoms with Crippen molar-refractivity contribution in [3.05, 3.63) is 36.0 Å². The molecule has 122 valence electrons. The Bertz CT molecular complexity index is 673. The van der Waals surface area contributed by atoms with E-state index in [1.165, 1.54) is 31.3 Å². The molecule has 5 heteroatoms. The second-order valence-corrected chi connectivity index (χ2v) is 6.75. The van der Waals surface area contributed by atoms with Crippen LogP contribution < -0.4 is 0 Å². The number of carbonyl (C=O) groups is 1. The minimum absolute atomic E-state index is 0.373. The van der Waals surface area contributed by atoms with Gasteiger partial charge in [-0.15, -0.1) is 11.8 Å². The molecule has 0 spiro atoms. The summed E-state index contributed by atoms with van der Waals surface area (Å²) in [4.78, 5) is 13.1. The Kier molecular flexibility index (Phi) is 5.06. The van der Waals surface area contributed by atoms with Gasteiger partial charge < -0.3 is 4.74 Å². The van der Waals surface area contributed by atoms with Gasteiger partial charge in [0.25, 0.3) is 0 Å². The third-order valence-electron chi connectivity index (χ3n) is 4.44. The lowest BCUT2D eigenvalue weighted by Crippen LogP contribution is -2.16. The molecule has 0 aliphatic heterocycles. The van der Waals surface area contributed by atoms with E-state index in [9.17, 15) is 4.79 Å². The smallest absolute Gasteiger partial charge is 0.358 e. The van der Waals surface area contributed by atoms with Crippen LogP contribution in [0.2, 0.25) is 0 Å². The van der Waals surface area contributed by atoms with Crippen LogP contribution in [0.5, 0.6) is 0 Å². The number of nitrogens with zero attached hydrogens (tertiary/aromatic N) is 2. The van der Waals surface area contributed by atoms with E-state index in [0.717, 1.165) is 24.1 Å². The summed E-state index contributed by atoms with van der Waals surface area (Å²) in [7, 11) is 1.40. The lowest BCUT2D eigenvalue weighted by Gasteiger charge is -2.24. The lowest BCUT2D eigenvalue weighted by atomic mass is 9.95. The highest BCUT2D eigenvalue weighted by Gasteiger charge is 2.23. The first-order valence-electron chi connectivity index (χ1n) is 8.05. The number of ether oxygens (including phenoxy) is 1. The molecule has 0 bridgehead atoms. The van der Waals surface area contributed by atoms with Crippen molar-refractivity contribution in [2.75, 3.05) is 13.4 Å². The van der Waals surface area contributed by atoms with Gasteiger partial charge in [0.1, 0.15) is 0 Å². The molecule has 4 nitrogen and oxygen atoms in total. The normalized spacial score (nSPS) is 15.6. The maximum Gasteiger partial charge on any atom is 0.358 e. The number of esters is 1. The molecule has 0 radical (unpaired) electrons. The summed E-state index contributed by atoms with van der Waals surface area (Å²) in [6, 6.07) is 10.6. The molecular formula is C18H22N2O2S. The van der Waals surface area contributed by atoms with Gasteiger partial charge in [-0.2, -0.15) is 5.10 Å². The number of carbonyl (C=O) groups excluding carboxylic acids is 1. The van der Waals surface area contributed by atoms with Crippen molar-refractivity contribution in [1.29, 1.82) is 0 Å². The second kappa shape index (κ2) is 7.21. The van der Waals surface area contributed by atoms with E-state index >= 15 is 0 Å². The summed E-state index contributed by atoms with van der Waals surface area (Å²) in [5.41, 5.74) is 2.49. The third kappa shape index (κ3) is 3.44. The molecular weight excluding hydrogens is 308 g/mol. The zero-order chi connectivity index (χ0) is 16.2. The van der Waals surface area contributed by atoms with Gasteiger partial charge in [0.2, 0.25) is 0 Å². The molecule has 1 fully saturated rings. The van der Waals surface area contributed by atoms with Gasteiger partial charge in [-0.1, -0.05) is 31.4 Å². The zero-order valence-corrected chi connectivity index (χ0v) is 14.4. The molecule has 23 heavy (non-hydrogen) atoms. The predicted octanol–water partition coefficient (Wildman–Crippen LogP) is 4.56. The predicted molar refractivity (Wildman–Crippen MR) is 92.9 cm³/mol. The summed E-state index contributed by atoms with van der Waals surface area (Å²) >= 11 is 1.72. The van der Waals surface area contributed by atoms with E-state index in [-0.39, 0.29) is 5.97 Å². The fraction of sp³-hybridized carbons (Fsp3) is 0.444. The number of hydrogen-bond acceptors (Lipinski definition) is 4. The number of benzene rings is 1. The first kappa shape index (κ1) is 16.1. The highest BCUT2D eigenvalue weighted by molar-refractivity contribution is 7.98. The Morgan fingerprint density at radius 1 is 1.22 bits per heavy atom. The Labute approximate surface area is 141 Å². The van der Waals surface area contributed by atoms with E-state index in [1.54, 1.807) is 11.8 Å². The lowest BCUT2D eigenvalue weighted by molar-refractivity contribution is 0.0592. The van der Waals surface area contributed by atoms with Crippen LogP contribution in [0.3, 0.4) is 0 Å². The van der Waals surface area contributed by atoms with Crippen LogP contribution in [0.4, 0.5) is 0 Å². The molecule has 1 aliphatic carbocycles. The number of rotatable bonds is 4. The van der Waals surface area contributed by atoms with Crippen molar-refractivity contribution in [3.63, 3.8) is 0 Å². The third-order valence-corrected chi connectivity index (χ3v) is 5.18. The summed E-state index contributed by atoms with van der Waals surface area (Å²) in [6.45, 7) is 0. The molecule has 0 saturated heterocycles. The van der Waals surface area contributed by atoms with Crippen LogP contribution in [-0.2, 0) is 4.74 Å². The minimum atomic E-state index is -0.374. The van der Waals surface area contributed by atoms with E-state index in [1.807, 2.05) is 10.7 Å². The van der Waals surface area contributed by atoms with Crippen molar-refractivity contribution in [3.8, 4) is 11.3 Å². The summed E-state index contributed by atoms with van der Waals surface area (Å²) in [5.74, 6) is -0.374. The van der Waals surface area contributed by atoms with Crippen LogP contribution in [0.15, 0.2) is 35.2 Å². The van der Waals surface area contributed by atoms with Gasteiger partial charge in [0.15, 0.2) is 5.69 Å². The number of thioether (sulfide) groups is 1. The Morgan fingerprint density at radius 3 is 2.52 bits per heavy atom. The minimum Gasteiger partial charge on any atom is -0.464 e. The quantitative estimate of drug-likeness (QED) is 0.609. The van der Waals surface area contributed by atoms with E-state index in [2.05, 4.69) is 35.6 Å². The van der Waals surface area contributed by atoms with Gasteiger partial charge in [-0.05, 0) is 42.9 Å². The Hall–Kier alpha value is -1.75. The first-order valence-corrected chi connectivity index (χ1v) is 9.27. The second-order valence-electron chi connectivity index (χ2n) is 5.87. The highest BCUT2D eigenvalue weighted by atomic mass is 32.2. The fourth-order valence-electron chi connectivity index (χ4n) is 3.18. The fourth-order valence-corrected chi connectivity index (χ4v) is 3.59. The molecule has 2 aromatic rings. The Balaban J connectivity index is 2.01. The molecule has 1 heterocycles. The average molecular weight is 330 g/mol. The van der Waals surface area contributed by atoms with Gasteiger partial charge in [-0.25, -0.2) is 4.79 Å². The van der Waals surface area contributed by atoms with Gasteiger partial charge >= 0.3 is 5.97 Å². The molecule has 1 aliphatic rings. The van der Waals surface area contributed by atoms with Crippen molar-refractivity contribution in [2.45, 2.75) is 43.0 Å². The largest absolute Gasteiger partial charge is 0.464 e. The maximum absolute atomic E-state index is 11.9. The molecule has 1 aromatic carbocycles. The van der Waals surface area contributed by atoms with Crippen LogP contribution in [0, 0.1) is 0 Å². The first-order chi connectivity index (χ1) is 11.2. The summed E-state index contributed by atoms with van der Waals surface area (Å²) in [6.07, 6.45) is 8.05. The SMILES string of the molecule is COC(=O)c1cc(-c2ccc(SC)cc2)n(C2CCCCC2)n1. The van der Waals surface area contributed by atoms with E-state index < -0.39 is 0 Å². The average Bonchev–Trinajstić information content (AvgIpc) is 3.07. The summed E-state index contributed by atoms with van der Waals surface area (Å²) in [5, 5.41) is 4.56. The molecule has 3 rings (SSSR count). The van der Waals surface area contributed by atoms with Crippen LogP contribution >= 0.6 is 11.8 Å². The number of hydrogen-bond donors (Lipinski definition) is 0. The Morgan fingerprint density at radius 2 is 1.91 bits per heavy atom. The molecule has 1 saturated carbocycles. The van der Waals surface area contributed by atoms with Gasteiger partial charge in [0.05, 0.1) is 18.8 Å². The van der Waals surface area contributed by atoms with Crippen LogP contribution in [0.1, 0.15) is 48.6 Å². The van der Waals surface area contributed by atoms with E-state index in [0.29, 0.717) is 11.7 Å². The standard InChI is InChI=1S/C18H22N2O2S/c1-22-18(21)16-12-17(13-8-10-15(23-2)11-9-13)20(19-16)14-6-4-3-5-7-14/h8-12,14H,3-7H2,1-2H3. The molecule has 1 aromatic heterocycles. The van der Waals surface area contributed by atoms with Crippen molar-refractivity contribution in [2.24, 2.45) is 0 Å². The molecule has 0 atom stereocenters.